The Balaban J connectivity index is 2.08. The number of nitrogens with one attached hydrogen (secondary N) is 1. The van der Waals surface area contributed by atoms with Gasteiger partial charge in [0.2, 0.25) is 0 Å². The summed E-state index contributed by atoms with van der Waals surface area (Å²) in [5.41, 5.74) is 3.51. The SMILES string of the molecule is Oc1c(C2CCCN2)cc2c(c1Cl)CCC2. The molecular formula is C13H16ClNO. The molecule has 0 aromatic heterocycles. The topological polar surface area (TPSA) is 32.3 Å². The van der Waals surface area contributed by atoms with Crippen molar-refractivity contribution in [3.63, 3.8) is 0 Å². The second kappa shape index (κ2) is 3.94. The van der Waals surface area contributed by atoms with Gasteiger partial charge >= 0.3 is 0 Å². The molecule has 1 aromatic rings. The molecule has 1 heterocycles. The van der Waals surface area contributed by atoms with E-state index in [1.807, 2.05) is 0 Å². The maximum Gasteiger partial charge on any atom is 0.139 e. The molecular weight excluding hydrogens is 222 g/mol. The van der Waals surface area contributed by atoms with Gasteiger partial charge in [-0.15, -0.1) is 0 Å². The zero-order valence-electron chi connectivity index (χ0n) is 9.22. The fourth-order valence-electron chi connectivity index (χ4n) is 2.92. The molecule has 0 radical (unpaired) electrons. The number of hydrogen-bond donors (Lipinski definition) is 2. The Kier molecular flexibility index (Phi) is 2.56. The first-order chi connectivity index (χ1) is 7.77. The Labute approximate surface area is 101 Å². The van der Waals surface area contributed by atoms with E-state index in [0.29, 0.717) is 16.8 Å². The molecule has 16 heavy (non-hydrogen) atoms. The first-order valence-corrected chi connectivity index (χ1v) is 6.41. The zero-order chi connectivity index (χ0) is 11.1. The lowest BCUT2D eigenvalue weighted by Crippen LogP contribution is -2.13. The van der Waals surface area contributed by atoms with Crippen molar-refractivity contribution in [2.24, 2.45) is 0 Å². The number of aromatic hydroxyl groups is 1. The number of hydrogen-bond acceptors (Lipinski definition) is 2. The van der Waals surface area contributed by atoms with E-state index in [9.17, 15) is 5.11 Å². The number of aryl methyl sites for hydroxylation is 1. The highest BCUT2D eigenvalue weighted by molar-refractivity contribution is 6.33. The molecule has 1 fully saturated rings. The van der Waals surface area contributed by atoms with Crippen LogP contribution in [0.3, 0.4) is 0 Å². The van der Waals surface area contributed by atoms with E-state index in [1.165, 1.54) is 17.5 Å². The van der Waals surface area contributed by atoms with E-state index in [0.717, 1.165) is 37.8 Å². The fraction of sp³-hybridized carbons (Fsp3) is 0.538. The number of phenolic OH excluding ortho intramolecular Hbond substituents is 1. The fourth-order valence-corrected chi connectivity index (χ4v) is 3.24. The number of halogens is 1. The molecule has 1 aromatic carbocycles. The van der Waals surface area contributed by atoms with Crippen molar-refractivity contribution in [1.82, 2.24) is 5.32 Å². The standard InChI is InChI=1S/C13H16ClNO/c14-12-9-4-1-3-8(9)7-10(13(12)16)11-5-2-6-15-11/h7,11,15-16H,1-6H2. The van der Waals surface area contributed by atoms with E-state index in [4.69, 9.17) is 11.6 Å². The van der Waals surface area contributed by atoms with Gasteiger partial charge in [0, 0.05) is 11.6 Å². The van der Waals surface area contributed by atoms with Crippen molar-refractivity contribution in [3.05, 3.63) is 27.8 Å². The summed E-state index contributed by atoms with van der Waals surface area (Å²) in [5, 5.41) is 14.2. The first-order valence-electron chi connectivity index (χ1n) is 6.04. The molecule has 1 aliphatic heterocycles. The lowest BCUT2D eigenvalue weighted by atomic mass is 9.98. The van der Waals surface area contributed by atoms with E-state index < -0.39 is 0 Å². The van der Waals surface area contributed by atoms with Crippen LogP contribution in [-0.4, -0.2) is 11.7 Å². The van der Waals surface area contributed by atoms with Gasteiger partial charge in [-0.25, -0.2) is 0 Å². The lowest BCUT2D eigenvalue weighted by molar-refractivity contribution is 0.456. The van der Waals surface area contributed by atoms with Gasteiger partial charge < -0.3 is 10.4 Å². The van der Waals surface area contributed by atoms with Crippen LogP contribution >= 0.6 is 11.6 Å². The molecule has 2 N–H and O–H groups in total. The van der Waals surface area contributed by atoms with Crippen LogP contribution in [0.1, 0.15) is 42.0 Å². The highest BCUT2D eigenvalue weighted by atomic mass is 35.5. The Morgan fingerprint density at radius 1 is 1.31 bits per heavy atom. The first kappa shape index (κ1) is 10.4. The molecule has 0 amide bonds. The summed E-state index contributed by atoms with van der Waals surface area (Å²) in [4.78, 5) is 0. The van der Waals surface area contributed by atoms with Gasteiger partial charge in [0.05, 0.1) is 5.02 Å². The number of benzene rings is 1. The van der Waals surface area contributed by atoms with Crippen molar-refractivity contribution in [1.29, 1.82) is 0 Å². The van der Waals surface area contributed by atoms with Crippen LogP contribution < -0.4 is 5.32 Å². The third-order valence-corrected chi connectivity index (χ3v) is 4.18. The molecule has 3 rings (SSSR count). The van der Waals surface area contributed by atoms with Crippen LogP contribution in [0.15, 0.2) is 6.07 Å². The summed E-state index contributed by atoms with van der Waals surface area (Å²) >= 11 is 6.24. The van der Waals surface area contributed by atoms with Crippen molar-refractivity contribution in [2.75, 3.05) is 6.54 Å². The maximum absolute atomic E-state index is 10.2. The van der Waals surface area contributed by atoms with Crippen LogP contribution in [0, 0.1) is 0 Å². The third kappa shape index (κ3) is 1.52. The number of fused-ring (bicyclic) bond motifs is 1. The van der Waals surface area contributed by atoms with Gasteiger partial charge in [-0.2, -0.15) is 0 Å². The predicted octanol–water partition coefficient (Wildman–Crippen LogP) is 2.96. The molecule has 0 saturated carbocycles. The molecule has 2 aliphatic rings. The van der Waals surface area contributed by atoms with Crippen LogP contribution in [0.5, 0.6) is 5.75 Å². The summed E-state index contributed by atoms with van der Waals surface area (Å²) < 4.78 is 0. The van der Waals surface area contributed by atoms with Crippen molar-refractivity contribution in [2.45, 2.75) is 38.1 Å². The Bertz CT molecular complexity index is 424. The minimum absolute atomic E-state index is 0.295. The van der Waals surface area contributed by atoms with Crippen LogP contribution in [0.25, 0.3) is 0 Å². The molecule has 1 aliphatic carbocycles. The van der Waals surface area contributed by atoms with Gasteiger partial charge in [0.15, 0.2) is 0 Å². The average molecular weight is 238 g/mol. The van der Waals surface area contributed by atoms with Crippen LogP contribution in [0.2, 0.25) is 5.02 Å². The smallest absolute Gasteiger partial charge is 0.139 e. The van der Waals surface area contributed by atoms with Crippen molar-refractivity contribution < 1.29 is 5.11 Å². The van der Waals surface area contributed by atoms with E-state index in [1.54, 1.807) is 0 Å². The monoisotopic (exact) mass is 237 g/mol. The molecule has 86 valence electrons. The maximum atomic E-state index is 10.2. The quantitative estimate of drug-likeness (QED) is 0.787. The zero-order valence-corrected chi connectivity index (χ0v) is 9.98. The van der Waals surface area contributed by atoms with Crippen LogP contribution in [-0.2, 0) is 12.8 Å². The third-order valence-electron chi connectivity index (χ3n) is 3.77. The molecule has 2 nitrogen and oxygen atoms in total. The van der Waals surface area contributed by atoms with Gasteiger partial charge in [-0.1, -0.05) is 17.7 Å². The summed E-state index contributed by atoms with van der Waals surface area (Å²) in [6.07, 6.45) is 5.56. The summed E-state index contributed by atoms with van der Waals surface area (Å²) in [7, 11) is 0. The Hall–Kier alpha value is -0.730. The van der Waals surface area contributed by atoms with Gasteiger partial charge in [-0.05, 0) is 49.8 Å². The molecule has 1 saturated heterocycles. The van der Waals surface area contributed by atoms with E-state index >= 15 is 0 Å². The van der Waals surface area contributed by atoms with Crippen LogP contribution in [0.4, 0.5) is 0 Å². The average Bonchev–Trinajstić information content (AvgIpc) is 2.92. The second-order valence-electron chi connectivity index (χ2n) is 4.77. The van der Waals surface area contributed by atoms with Crippen molar-refractivity contribution >= 4 is 11.6 Å². The number of rotatable bonds is 1. The highest BCUT2D eigenvalue weighted by Gasteiger charge is 2.25. The minimum atomic E-state index is 0.295. The highest BCUT2D eigenvalue weighted by Crippen LogP contribution is 2.41. The molecule has 3 heteroatoms. The minimum Gasteiger partial charge on any atom is -0.506 e. The summed E-state index contributed by atoms with van der Waals surface area (Å²) in [6.45, 7) is 1.04. The van der Waals surface area contributed by atoms with Crippen molar-refractivity contribution in [3.8, 4) is 5.75 Å². The largest absolute Gasteiger partial charge is 0.506 e. The molecule has 0 spiro atoms. The second-order valence-corrected chi connectivity index (χ2v) is 5.15. The van der Waals surface area contributed by atoms with Gasteiger partial charge in [-0.3, -0.25) is 0 Å². The Morgan fingerprint density at radius 3 is 2.94 bits per heavy atom. The molecule has 1 atom stereocenters. The molecule has 0 bridgehead atoms. The van der Waals surface area contributed by atoms with Gasteiger partial charge in [0.1, 0.15) is 5.75 Å². The van der Waals surface area contributed by atoms with E-state index in [-0.39, 0.29) is 0 Å². The number of phenols is 1. The van der Waals surface area contributed by atoms with Gasteiger partial charge in [0.25, 0.3) is 0 Å². The van der Waals surface area contributed by atoms with E-state index in [2.05, 4.69) is 11.4 Å². The molecule has 1 unspecified atom stereocenters. The normalized spacial score (nSPS) is 23.7. The lowest BCUT2D eigenvalue weighted by Gasteiger charge is -2.16. The predicted molar refractivity (Wildman–Crippen MR) is 65.1 cm³/mol. The Morgan fingerprint density at radius 2 is 2.19 bits per heavy atom. The summed E-state index contributed by atoms with van der Waals surface area (Å²) in [6, 6.07) is 2.45. The summed E-state index contributed by atoms with van der Waals surface area (Å²) in [5.74, 6) is 0.307.